The van der Waals surface area contributed by atoms with E-state index in [9.17, 15) is 18.0 Å². The summed E-state index contributed by atoms with van der Waals surface area (Å²) in [5, 5.41) is 11.7. The number of nitrogens with one attached hydrogen (secondary N) is 1. The first kappa shape index (κ1) is 13.7. The Bertz CT molecular complexity index is 476. The molecule has 7 heteroatoms. The number of alkyl halides is 3. The van der Waals surface area contributed by atoms with Crippen LogP contribution in [0.2, 0.25) is 0 Å². The second-order valence-electron chi connectivity index (χ2n) is 4.31. The number of ether oxygens (including phenoxy) is 1. The monoisotopic (exact) mass is 275 g/mol. The molecule has 1 fully saturated rings. The van der Waals surface area contributed by atoms with Gasteiger partial charge < -0.3 is 9.84 Å². The van der Waals surface area contributed by atoms with E-state index in [1.807, 2.05) is 0 Å². The van der Waals surface area contributed by atoms with Crippen LogP contribution in [0.25, 0.3) is 0 Å². The smallest absolute Gasteiger partial charge is 0.480 e. The Morgan fingerprint density at radius 3 is 2.68 bits per heavy atom. The van der Waals surface area contributed by atoms with Crippen LogP contribution in [0.1, 0.15) is 24.4 Å². The molecule has 19 heavy (non-hydrogen) atoms. The molecular weight excluding hydrogens is 263 g/mol. The van der Waals surface area contributed by atoms with Crippen molar-refractivity contribution >= 4 is 5.97 Å². The molecule has 0 bridgehead atoms. The Balaban J connectivity index is 2.09. The number of halogens is 3. The molecule has 0 spiro atoms. The summed E-state index contributed by atoms with van der Waals surface area (Å²) >= 11 is 0. The molecule has 0 radical (unpaired) electrons. The minimum absolute atomic E-state index is 0.266. The molecule has 1 heterocycles. The van der Waals surface area contributed by atoms with Crippen molar-refractivity contribution in [3.63, 3.8) is 0 Å². The third kappa shape index (κ3) is 3.60. The van der Waals surface area contributed by atoms with Gasteiger partial charge in [-0.25, -0.2) is 0 Å². The number of carbonyl (C=O) groups is 1. The van der Waals surface area contributed by atoms with Crippen molar-refractivity contribution in [1.29, 1.82) is 0 Å². The first-order valence-corrected chi connectivity index (χ1v) is 5.70. The van der Waals surface area contributed by atoms with E-state index >= 15 is 0 Å². The molecule has 1 saturated heterocycles. The molecule has 1 aromatic rings. The Kier molecular flexibility index (Phi) is 3.66. The predicted molar refractivity (Wildman–Crippen MR) is 59.7 cm³/mol. The molecule has 1 aliphatic heterocycles. The quantitative estimate of drug-likeness (QED) is 0.889. The van der Waals surface area contributed by atoms with Crippen molar-refractivity contribution in [2.75, 3.05) is 0 Å². The predicted octanol–water partition coefficient (Wildman–Crippen LogP) is 2.46. The first-order chi connectivity index (χ1) is 8.85. The SMILES string of the molecule is O=C(O)C1CCC(c2cccc(OC(F)(F)F)c2)N1. The average molecular weight is 275 g/mol. The van der Waals surface area contributed by atoms with Crippen molar-refractivity contribution in [3.05, 3.63) is 29.8 Å². The molecule has 4 nitrogen and oxygen atoms in total. The van der Waals surface area contributed by atoms with E-state index in [4.69, 9.17) is 5.11 Å². The molecule has 0 amide bonds. The molecule has 2 atom stereocenters. The molecule has 104 valence electrons. The fourth-order valence-electron chi connectivity index (χ4n) is 2.13. The van der Waals surface area contributed by atoms with Crippen molar-refractivity contribution in [2.24, 2.45) is 0 Å². The summed E-state index contributed by atoms with van der Waals surface area (Å²) in [5.41, 5.74) is 0.588. The Hall–Kier alpha value is -1.76. The molecule has 1 aliphatic rings. The van der Waals surface area contributed by atoms with E-state index in [-0.39, 0.29) is 11.8 Å². The summed E-state index contributed by atoms with van der Waals surface area (Å²) in [6.45, 7) is 0. The van der Waals surface area contributed by atoms with E-state index in [0.717, 1.165) is 0 Å². The fraction of sp³-hybridized carbons (Fsp3) is 0.417. The summed E-state index contributed by atoms with van der Waals surface area (Å²) in [6, 6.07) is 4.66. The first-order valence-electron chi connectivity index (χ1n) is 5.70. The third-order valence-corrected chi connectivity index (χ3v) is 2.94. The van der Waals surface area contributed by atoms with Crippen molar-refractivity contribution < 1.29 is 27.8 Å². The van der Waals surface area contributed by atoms with Gasteiger partial charge in [0.25, 0.3) is 0 Å². The van der Waals surface area contributed by atoms with Crippen molar-refractivity contribution in [1.82, 2.24) is 5.32 Å². The lowest BCUT2D eigenvalue weighted by Crippen LogP contribution is -2.31. The van der Waals surface area contributed by atoms with Gasteiger partial charge in [-0.2, -0.15) is 0 Å². The maximum Gasteiger partial charge on any atom is 0.573 e. The van der Waals surface area contributed by atoms with Gasteiger partial charge in [0.15, 0.2) is 0 Å². The summed E-state index contributed by atoms with van der Waals surface area (Å²) in [7, 11) is 0. The van der Waals surface area contributed by atoms with Crippen LogP contribution >= 0.6 is 0 Å². The Labute approximate surface area is 107 Å². The number of benzene rings is 1. The van der Waals surface area contributed by atoms with Gasteiger partial charge in [-0.3, -0.25) is 10.1 Å². The van der Waals surface area contributed by atoms with Crippen LogP contribution in [-0.4, -0.2) is 23.5 Å². The summed E-state index contributed by atoms with van der Waals surface area (Å²) < 4.78 is 40.1. The van der Waals surface area contributed by atoms with E-state index in [1.54, 1.807) is 6.07 Å². The third-order valence-electron chi connectivity index (χ3n) is 2.94. The Morgan fingerprint density at radius 2 is 2.11 bits per heavy atom. The lowest BCUT2D eigenvalue weighted by atomic mass is 10.1. The second kappa shape index (κ2) is 5.08. The van der Waals surface area contributed by atoms with Gasteiger partial charge in [0.2, 0.25) is 0 Å². The molecule has 0 saturated carbocycles. The average Bonchev–Trinajstić information content (AvgIpc) is 2.76. The van der Waals surface area contributed by atoms with Crippen LogP contribution < -0.4 is 10.1 Å². The summed E-state index contributed by atoms with van der Waals surface area (Å²) in [4.78, 5) is 10.8. The maximum atomic E-state index is 12.1. The fourth-order valence-corrected chi connectivity index (χ4v) is 2.13. The van der Waals surface area contributed by atoms with Gasteiger partial charge in [0, 0.05) is 6.04 Å². The number of aliphatic carboxylic acids is 1. The minimum atomic E-state index is -4.73. The van der Waals surface area contributed by atoms with E-state index in [0.29, 0.717) is 18.4 Å². The van der Waals surface area contributed by atoms with Gasteiger partial charge in [-0.1, -0.05) is 12.1 Å². The lowest BCUT2D eigenvalue weighted by Gasteiger charge is -2.14. The van der Waals surface area contributed by atoms with Crippen LogP contribution in [0.15, 0.2) is 24.3 Å². The maximum absolute atomic E-state index is 12.1. The molecule has 2 unspecified atom stereocenters. The number of carboxylic acids is 1. The number of carboxylic acid groups (broad SMARTS) is 1. The summed E-state index contributed by atoms with van der Waals surface area (Å²) in [6.07, 6.45) is -3.72. The zero-order chi connectivity index (χ0) is 14.0. The largest absolute Gasteiger partial charge is 0.573 e. The number of rotatable bonds is 3. The van der Waals surface area contributed by atoms with Crippen LogP contribution in [0, 0.1) is 0 Å². The lowest BCUT2D eigenvalue weighted by molar-refractivity contribution is -0.274. The zero-order valence-electron chi connectivity index (χ0n) is 9.78. The van der Waals surface area contributed by atoms with Gasteiger partial charge in [-0.15, -0.1) is 13.2 Å². The number of hydrogen-bond acceptors (Lipinski definition) is 3. The van der Waals surface area contributed by atoms with Crippen LogP contribution in [-0.2, 0) is 4.79 Å². The molecular formula is C12H12F3NO3. The topological polar surface area (TPSA) is 58.6 Å². The van der Waals surface area contributed by atoms with Crippen LogP contribution in [0.4, 0.5) is 13.2 Å². The van der Waals surface area contributed by atoms with E-state index < -0.39 is 18.4 Å². The molecule has 0 aliphatic carbocycles. The molecule has 2 rings (SSSR count). The minimum Gasteiger partial charge on any atom is -0.480 e. The molecule has 2 N–H and O–H groups in total. The van der Waals surface area contributed by atoms with Crippen molar-refractivity contribution in [3.8, 4) is 5.75 Å². The van der Waals surface area contributed by atoms with Gasteiger partial charge >= 0.3 is 12.3 Å². The van der Waals surface area contributed by atoms with Gasteiger partial charge in [-0.05, 0) is 30.5 Å². The van der Waals surface area contributed by atoms with Gasteiger partial charge in [0.1, 0.15) is 11.8 Å². The van der Waals surface area contributed by atoms with Crippen LogP contribution in [0.5, 0.6) is 5.75 Å². The highest BCUT2D eigenvalue weighted by atomic mass is 19.4. The zero-order valence-corrected chi connectivity index (χ0v) is 9.78. The molecule has 1 aromatic carbocycles. The Morgan fingerprint density at radius 1 is 1.37 bits per heavy atom. The highest BCUT2D eigenvalue weighted by Crippen LogP contribution is 2.30. The van der Waals surface area contributed by atoms with Gasteiger partial charge in [0.05, 0.1) is 0 Å². The molecule has 0 aromatic heterocycles. The normalized spacial score (nSPS) is 23.3. The van der Waals surface area contributed by atoms with E-state index in [2.05, 4.69) is 10.1 Å². The summed E-state index contributed by atoms with van der Waals surface area (Å²) in [5.74, 6) is -1.25. The van der Waals surface area contributed by atoms with Crippen molar-refractivity contribution in [2.45, 2.75) is 31.3 Å². The highest BCUT2D eigenvalue weighted by molar-refractivity contribution is 5.73. The highest BCUT2D eigenvalue weighted by Gasteiger charge is 2.32. The number of hydrogen-bond donors (Lipinski definition) is 2. The van der Waals surface area contributed by atoms with E-state index in [1.165, 1.54) is 18.2 Å². The second-order valence-corrected chi connectivity index (χ2v) is 4.31. The van der Waals surface area contributed by atoms with Crippen LogP contribution in [0.3, 0.4) is 0 Å². The standard InChI is InChI=1S/C12H12F3NO3/c13-12(14,15)19-8-3-1-2-7(6-8)9-4-5-10(16-9)11(17)18/h1-3,6,9-10,16H,4-5H2,(H,17,18).